The molecular weight excluding hydrogens is 306 g/mol. The van der Waals surface area contributed by atoms with E-state index in [1.165, 1.54) is 6.33 Å². The Balaban J connectivity index is 1.72. The molecule has 0 N–H and O–H groups in total. The summed E-state index contributed by atoms with van der Waals surface area (Å²) in [5.41, 5.74) is 0.715. The van der Waals surface area contributed by atoms with Crippen molar-refractivity contribution in [3.63, 3.8) is 0 Å². The standard InChI is InChI=1S/C14H14ClN5O2/c1-21-12-7-10-11(16-9-17-14(10)15)8-13(12)22-6-2-4-20-5-3-18-19-20/h3,5,7-9H,2,4,6H2,1H3. The van der Waals surface area contributed by atoms with Crippen LogP contribution in [0.1, 0.15) is 6.42 Å². The van der Waals surface area contributed by atoms with Crippen molar-refractivity contribution in [3.8, 4) is 11.5 Å². The fourth-order valence-electron chi connectivity index (χ4n) is 2.07. The van der Waals surface area contributed by atoms with Crippen molar-refractivity contribution >= 4 is 22.5 Å². The Labute approximate surface area is 131 Å². The molecule has 0 saturated heterocycles. The van der Waals surface area contributed by atoms with Gasteiger partial charge in [0, 0.05) is 30.6 Å². The average Bonchev–Trinajstić information content (AvgIpc) is 3.04. The summed E-state index contributed by atoms with van der Waals surface area (Å²) in [6.07, 6.45) is 5.69. The zero-order valence-electron chi connectivity index (χ0n) is 11.9. The van der Waals surface area contributed by atoms with Crippen LogP contribution in [0.15, 0.2) is 30.9 Å². The zero-order chi connectivity index (χ0) is 15.4. The maximum Gasteiger partial charge on any atom is 0.163 e. The third-order valence-corrected chi connectivity index (χ3v) is 3.43. The van der Waals surface area contributed by atoms with Crippen molar-refractivity contribution < 1.29 is 9.47 Å². The topological polar surface area (TPSA) is 75.0 Å². The lowest BCUT2D eigenvalue weighted by molar-refractivity contribution is 0.280. The van der Waals surface area contributed by atoms with Gasteiger partial charge in [-0.3, -0.25) is 4.68 Å². The molecule has 0 unspecified atom stereocenters. The first kappa shape index (κ1) is 14.5. The van der Waals surface area contributed by atoms with Gasteiger partial charge in [-0.15, -0.1) is 5.10 Å². The van der Waals surface area contributed by atoms with Crippen LogP contribution in [-0.4, -0.2) is 38.7 Å². The number of ether oxygens (including phenoxy) is 2. The first-order valence-electron chi connectivity index (χ1n) is 6.73. The molecule has 0 aliphatic heterocycles. The normalized spacial score (nSPS) is 10.8. The maximum atomic E-state index is 6.06. The lowest BCUT2D eigenvalue weighted by atomic mass is 10.2. The summed E-state index contributed by atoms with van der Waals surface area (Å²) >= 11 is 6.06. The molecule has 2 heterocycles. The van der Waals surface area contributed by atoms with Gasteiger partial charge in [0.1, 0.15) is 11.5 Å². The summed E-state index contributed by atoms with van der Waals surface area (Å²) in [6, 6.07) is 3.58. The second-order valence-electron chi connectivity index (χ2n) is 4.55. The van der Waals surface area contributed by atoms with Crippen LogP contribution in [0.4, 0.5) is 0 Å². The molecule has 1 aromatic carbocycles. The van der Waals surface area contributed by atoms with Crippen LogP contribution < -0.4 is 9.47 Å². The van der Waals surface area contributed by atoms with E-state index in [0.29, 0.717) is 28.8 Å². The van der Waals surface area contributed by atoms with E-state index < -0.39 is 0 Å². The smallest absolute Gasteiger partial charge is 0.163 e. The van der Waals surface area contributed by atoms with Crippen LogP contribution in [0.3, 0.4) is 0 Å². The number of aromatic nitrogens is 5. The van der Waals surface area contributed by atoms with Crippen LogP contribution in [0.2, 0.25) is 5.15 Å². The predicted molar refractivity (Wildman–Crippen MR) is 81.2 cm³/mol. The minimum absolute atomic E-state index is 0.390. The molecule has 0 fully saturated rings. The Hall–Kier alpha value is -2.41. The molecule has 8 heteroatoms. The second-order valence-corrected chi connectivity index (χ2v) is 4.91. The van der Waals surface area contributed by atoms with Gasteiger partial charge in [0.25, 0.3) is 0 Å². The van der Waals surface area contributed by atoms with Crippen LogP contribution in [0, 0.1) is 0 Å². The van der Waals surface area contributed by atoms with Crippen molar-refractivity contribution in [2.24, 2.45) is 0 Å². The monoisotopic (exact) mass is 319 g/mol. The SMILES string of the molecule is COc1cc2c(Cl)ncnc2cc1OCCCn1ccnn1. The van der Waals surface area contributed by atoms with E-state index in [2.05, 4.69) is 20.3 Å². The van der Waals surface area contributed by atoms with Crippen LogP contribution in [-0.2, 0) is 6.54 Å². The quantitative estimate of drug-likeness (QED) is 0.513. The molecule has 3 aromatic rings. The molecule has 0 atom stereocenters. The third kappa shape index (κ3) is 3.09. The van der Waals surface area contributed by atoms with E-state index in [9.17, 15) is 0 Å². The van der Waals surface area contributed by atoms with Gasteiger partial charge >= 0.3 is 0 Å². The number of halogens is 1. The number of fused-ring (bicyclic) bond motifs is 1. The third-order valence-electron chi connectivity index (χ3n) is 3.13. The highest BCUT2D eigenvalue weighted by atomic mass is 35.5. The van der Waals surface area contributed by atoms with Crippen LogP contribution in [0.5, 0.6) is 11.5 Å². The van der Waals surface area contributed by atoms with Gasteiger partial charge in [0.15, 0.2) is 11.5 Å². The number of hydrogen-bond acceptors (Lipinski definition) is 6. The van der Waals surface area contributed by atoms with Crippen molar-refractivity contribution in [1.29, 1.82) is 0 Å². The Morgan fingerprint density at radius 2 is 2.14 bits per heavy atom. The molecule has 0 amide bonds. The van der Waals surface area contributed by atoms with Gasteiger partial charge in [-0.1, -0.05) is 16.8 Å². The zero-order valence-corrected chi connectivity index (χ0v) is 12.7. The van der Waals surface area contributed by atoms with Gasteiger partial charge in [0.2, 0.25) is 0 Å². The van der Waals surface area contributed by atoms with Crippen LogP contribution >= 0.6 is 11.6 Å². The van der Waals surface area contributed by atoms with Crippen LogP contribution in [0.25, 0.3) is 10.9 Å². The van der Waals surface area contributed by atoms with Crippen molar-refractivity contribution in [2.45, 2.75) is 13.0 Å². The molecule has 2 aromatic heterocycles. The summed E-state index contributed by atoms with van der Waals surface area (Å²) < 4.78 is 12.9. The Morgan fingerprint density at radius 3 is 2.91 bits per heavy atom. The largest absolute Gasteiger partial charge is 0.493 e. The highest BCUT2D eigenvalue weighted by molar-refractivity contribution is 6.34. The molecule has 0 aliphatic carbocycles. The van der Waals surface area contributed by atoms with E-state index >= 15 is 0 Å². The molecule has 22 heavy (non-hydrogen) atoms. The lowest BCUT2D eigenvalue weighted by Crippen LogP contribution is -2.06. The molecule has 0 bridgehead atoms. The Bertz CT molecular complexity index is 763. The number of benzene rings is 1. The van der Waals surface area contributed by atoms with Gasteiger partial charge in [-0.25, -0.2) is 9.97 Å². The molecule has 114 valence electrons. The van der Waals surface area contributed by atoms with Crippen molar-refractivity contribution in [1.82, 2.24) is 25.0 Å². The van der Waals surface area contributed by atoms with E-state index in [1.54, 1.807) is 30.1 Å². The molecule has 0 spiro atoms. The number of methoxy groups -OCH3 is 1. The second kappa shape index (κ2) is 6.57. The average molecular weight is 320 g/mol. The predicted octanol–water partition coefficient (Wildman–Crippen LogP) is 2.35. The summed E-state index contributed by atoms with van der Waals surface area (Å²) in [7, 11) is 1.58. The van der Waals surface area contributed by atoms with E-state index in [-0.39, 0.29) is 0 Å². The summed E-state index contributed by atoms with van der Waals surface area (Å²) in [4.78, 5) is 8.15. The minimum atomic E-state index is 0.390. The fraction of sp³-hybridized carbons (Fsp3) is 0.286. The fourth-order valence-corrected chi connectivity index (χ4v) is 2.26. The highest BCUT2D eigenvalue weighted by Crippen LogP contribution is 2.33. The van der Waals surface area contributed by atoms with E-state index in [4.69, 9.17) is 21.1 Å². The molecular formula is C14H14ClN5O2. The maximum absolute atomic E-state index is 6.06. The number of nitrogens with zero attached hydrogens (tertiary/aromatic N) is 5. The molecule has 0 saturated carbocycles. The summed E-state index contributed by atoms with van der Waals surface area (Å²) in [5, 5.41) is 8.78. The van der Waals surface area contributed by atoms with Crippen molar-refractivity contribution in [3.05, 3.63) is 36.0 Å². The van der Waals surface area contributed by atoms with Gasteiger partial charge in [-0.2, -0.15) is 0 Å². The Kier molecular flexibility index (Phi) is 4.34. The lowest BCUT2D eigenvalue weighted by Gasteiger charge is -2.12. The summed E-state index contributed by atoms with van der Waals surface area (Å²) in [6.45, 7) is 1.27. The van der Waals surface area contributed by atoms with Crippen molar-refractivity contribution in [2.75, 3.05) is 13.7 Å². The number of rotatable bonds is 6. The highest BCUT2D eigenvalue weighted by Gasteiger charge is 2.10. The Morgan fingerprint density at radius 1 is 1.23 bits per heavy atom. The molecule has 0 aliphatic rings. The molecule has 7 nitrogen and oxygen atoms in total. The van der Waals surface area contributed by atoms with Gasteiger partial charge < -0.3 is 9.47 Å². The number of aryl methyl sites for hydroxylation is 1. The van der Waals surface area contributed by atoms with Gasteiger partial charge in [0.05, 0.1) is 25.4 Å². The van der Waals surface area contributed by atoms with Gasteiger partial charge in [-0.05, 0) is 6.07 Å². The van der Waals surface area contributed by atoms with E-state index in [0.717, 1.165) is 18.4 Å². The van der Waals surface area contributed by atoms with E-state index in [1.807, 2.05) is 6.20 Å². The molecule has 0 radical (unpaired) electrons. The first-order valence-corrected chi connectivity index (χ1v) is 7.11. The first-order chi connectivity index (χ1) is 10.8. The summed E-state index contributed by atoms with van der Waals surface area (Å²) in [5.74, 6) is 1.23. The minimum Gasteiger partial charge on any atom is -0.493 e. The molecule has 3 rings (SSSR count). The number of hydrogen-bond donors (Lipinski definition) is 0.